The molecule has 68 valence electrons. The van der Waals surface area contributed by atoms with Crippen LogP contribution in [0.1, 0.15) is 32.6 Å². The molecule has 0 saturated heterocycles. The van der Waals surface area contributed by atoms with E-state index in [1.807, 2.05) is 17.1 Å². The van der Waals surface area contributed by atoms with E-state index >= 15 is 0 Å². The van der Waals surface area contributed by atoms with Crippen LogP contribution in [0.2, 0.25) is 0 Å². The Balaban J connectivity index is 2.15. The SMILES string of the molecule is CCCCCCn1cc(Br)cn1. The van der Waals surface area contributed by atoms with Crippen LogP contribution in [-0.2, 0) is 6.54 Å². The number of hydrogen-bond donors (Lipinski definition) is 0. The summed E-state index contributed by atoms with van der Waals surface area (Å²) in [5.41, 5.74) is 0. The molecular weight excluding hydrogens is 216 g/mol. The smallest absolute Gasteiger partial charge is 0.0632 e. The molecule has 0 spiro atoms. The average molecular weight is 231 g/mol. The zero-order valence-electron chi connectivity index (χ0n) is 7.46. The molecule has 0 amide bonds. The Bertz CT molecular complexity index is 220. The average Bonchev–Trinajstić information content (AvgIpc) is 2.45. The van der Waals surface area contributed by atoms with E-state index in [4.69, 9.17) is 0 Å². The zero-order valence-corrected chi connectivity index (χ0v) is 9.05. The lowest BCUT2D eigenvalue weighted by atomic mass is 10.2. The Labute approximate surface area is 82.1 Å². The Morgan fingerprint density at radius 2 is 2.25 bits per heavy atom. The van der Waals surface area contributed by atoms with Crippen molar-refractivity contribution < 1.29 is 0 Å². The summed E-state index contributed by atoms with van der Waals surface area (Å²) in [6, 6.07) is 0. The van der Waals surface area contributed by atoms with Crippen LogP contribution in [0.3, 0.4) is 0 Å². The standard InChI is InChI=1S/C9H15BrN2/c1-2-3-4-5-6-12-8-9(10)7-11-12/h7-8H,2-6H2,1H3. The Kier molecular flexibility index (Phi) is 4.36. The van der Waals surface area contributed by atoms with Gasteiger partial charge in [-0.05, 0) is 22.4 Å². The van der Waals surface area contributed by atoms with Crippen molar-refractivity contribution in [1.82, 2.24) is 9.78 Å². The molecule has 12 heavy (non-hydrogen) atoms. The van der Waals surface area contributed by atoms with Gasteiger partial charge < -0.3 is 0 Å². The van der Waals surface area contributed by atoms with Gasteiger partial charge in [-0.2, -0.15) is 5.10 Å². The minimum atomic E-state index is 1.05. The fourth-order valence-corrected chi connectivity index (χ4v) is 1.49. The van der Waals surface area contributed by atoms with E-state index in [1.165, 1.54) is 25.7 Å². The Morgan fingerprint density at radius 3 is 2.83 bits per heavy atom. The lowest BCUT2D eigenvalue weighted by molar-refractivity contribution is 0.541. The molecule has 1 aromatic rings. The fraction of sp³-hybridized carbons (Fsp3) is 0.667. The molecule has 0 radical (unpaired) electrons. The normalized spacial score (nSPS) is 10.5. The summed E-state index contributed by atoms with van der Waals surface area (Å²) in [5.74, 6) is 0. The molecule has 0 N–H and O–H groups in total. The summed E-state index contributed by atoms with van der Waals surface area (Å²) in [4.78, 5) is 0. The third-order valence-corrected chi connectivity index (χ3v) is 2.25. The first-order valence-corrected chi connectivity index (χ1v) is 5.30. The van der Waals surface area contributed by atoms with Gasteiger partial charge in [0.05, 0.1) is 10.7 Å². The van der Waals surface area contributed by atoms with Gasteiger partial charge in [-0.25, -0.2) is 0 Å². The maximum atomic E-state index is 4.18. The van der Waals surface area contributed by atoms with Gasteiger partial charge in [0.1, 0.15) is 0 Å². The van der Waals surface area contributed by atoms with Gasteiger partial charge in [0.15, 0.2) is 0 Å². The van der Waals surface area contributed by atoms with E-state index in [0.29, 0.717) is 0 Å². The molecule has 0 bridgehead atoms. The second kappa shape index (κ2) is 5.36. The highest BCUT2D eigenvalue weighted by molar-refractivity contribution is 9.10. The van der Waals surface area contributed by atoms with Gasteiger partial charge in [-0.3, -0.25) is 4.68 Å². The number of aryl methyl sites for hydroxylation is 1. The molecule has 1 rings (SSSR count). The highest BCUT2D eigenvalue weighted by Crippen LogP contribution is 2.07. The van der Waals surface area contributed by atoms with Crippen LogP contribution in [0.5, 0.6) is 0 Å². The van der Waals surface area contributed by atoms with Crippen molar-refractivity contribution in [2.24, 2.45) is 0 Å². The van der Waals surface area contributed by atoms with Gasteiger partial charge in [0.2, 0.25) is 0 Å². The van der Waals surface area contributed by atoms with Gasteiger partial charge in [-0.1, -0.05) is 26.2 Å². The van der Waals surface area contributed by atoms with Crippen LogP contribution in [0, 0.1) is 0 Å². The molecular formula is C9H15BrN2. The number of unbranched alkanes of at least 4 members (excludes halogenated alkanes) is 3. The van der Waals surface area contributed by atoms with Crippen molar-refractivity contribution in [3.05, 3.63) is 16.9 Å². The third kappa shape index (κ3) is 3.39. The Morgan fingerprint density at radius 1 is 1.42 bits per heavy atom. The summed E-state index contributed by atoms with van der Waals surface area (Å²) >= 11 is 3.37. The van der Waals surface area contributed by atoms with Gasteiger partial charge in [0, 0.05) is 12.7 Å². The minimum absolute atomic E-state index is 1.05. The van der Waals surface area contributed by atoms with Crippen molar-refractivity contribution in [2.45, 2.75) is 39.2 Å². The van der Waals surface area contributed by atoms with Gasteiger partial charge >= 0.3 is 0 Å². The monoisotopic (exact) mass is 230 g/mol. The second-order valence-electron chi connectivity index (χ2n) is 2.98. The first-order chi connectivity index (χ1) is 5.83. The first-order valence-electron chi connectivity index (χ1n) is 4.51. The number of rotatable bonds is 5. The maximum Gasteiger partial charge on any atom is 0.0632 e. The minimum Gasteiger partial charge on any atom is -0.272 e. The summed E-state index contributed by atoms with van der Waals surface area (Å²) in [6.45, 7) is 3.27. The fourth-order valence-electron chi connectivity index (χ4n) is 1.16. The lowest BCUT2D eigenvalue weighted by Gasteiger charge is -1.99. The molecule has 0 unspecified atom stereocenters. The topological polar surface area (TPSA) is 17.8 Å². The van der Waals surface area contributed by atoms with Crippen LogP contribution in [0.25, 0.3) is 0 Å². The molecule has 1 heterocycles. The van der Waals surface area contributed by atoms with Gasteiger partial charge in [-0.15, -0.1) is 0 Å². The quantitative estimate of drug-likeness (QED) is 0.711. The molecule has 3 heteroatoms. The van der Waals surface area contributed by atoms with Crippen LogP contribution in [-0.4, -0.2) is 9.78 Å². The van der Waals surface area contributed by atoms with Gasteiger partial charge in [0.25, 0.3) is 0 Å². The third-order valence-electron chi connectivity index (χ3n) is 1.84. The molecule has 0 aliphatic rings. The molecule has 0 fully saturated rings. The van der Waals surface area contributed by atoms with Crippen LogP contribution >= 0.6 is 15.9 Å². The Hall–Kier alpha value is -0.310. The molecule has 0 aromatic carbocycles. The predicted molar refractivity (Wildman–Crippen MR) is 54.1 cm³/mol. The predicted octanol–water partition coefficient (Wildman–Crippen LogP) is 3.23. The molecule has 1 aromatic heterocycles. The highest BCUT2D eigenvalue weighted by Gasteiger charge is 1.93. The zero-order chi connectivity index (χ0) is 8.81. The van der Waals surface area contributed by atoms with E-state index in [9.17, 15) is 0 Å². The number of hydrogen-bond acceptors (Lipinski definition) is 1. The number of nitrogens with zero attached hydrogens (tertiary/aromatic N) is 2. The van der Waals surface area contributed by atoms with Crippen molar-refractivity contribution in [3.63, 3.8) is 0 Å². The summed E-state index contributed by atoms with van der Waals surface area (Å²) < 4.78 is 3.05. The second-order valence-corrected chi connectivity index (χ2v) is 3.90. The first kappa shape index (κ1) is 9.78. The summed E-state index contributed by atoms with van der Waals surface area (Å²) in [7, 11) is 0. The van der Waals surface area contributed by atoms with Crippen LogP contribution in [0.15, 0.2) is 16.9 Å². The van der Waals surface area contributed by atoms with Crippen LogP contribution in [0.4, 0.5) is 0 Å². The highest BCUT2D eigenvalue weighted by atomic mass is 79.9. The van der Waals surface area contributed by atoms with E-state index in [2.05, 4.69) is 28.0 Å². The van der Waals surface area contributed by atoms with Crippen molar-refractivity contribution in [3.8, 4) is 0 Å². The number of aromatic nitrogens is 2. The molecule has 0 atom stereocenters. The van der Waals surface area contributed by atoms with E-state index in [1.54, 1.807) is 0 Å². The molecule has 2 nitrogen and oxygen atoms in total. The maximum absolute atomic E-state index is 4.18. The van der Waals surface area contributed by atoms with Crippen LogP contribution < -0.4 is 0 Å². The molecule has 0 aliphatic heterocycles. The van der Waals surface area contributed by atoms with E-state index in [0.717, 1.165) is 11.0 Å². The lowest BCUT2D eigenvalue weighted by Crippen LogP contribution is -1.97. The van der Waals surface area contributed by atoms with E-state index in [-0.39, 0.29) is 0 Å². The molecule has 0 saturated carbocycles. The van der Waals surface area contributed by atoms with Crippen molar-refractivity contribution in [2.75, 3.05) is 0 Å². The van der Waals surface area contributed by atoms with Crippen molar-refractivity contribution >= 4 is 15.9 Å². The summed E-state index contributed by atoms with van der Waals surface area (Å²) in [6.07, 6.45) is 9.03. The largest absolute Gasteiger partial charge is 0.272 e. The van der Waals surface area contributed by atoms with Crippen molar-refractivity contribution in [1.29, 1.82) is 0 Å². The van der Waals surface area contributed by atoms with E-state index < -0.39 is 0 Å². The number of halogens is 1. The summed E-state index contributed by atoms with van der Waals surface area (Å²) in [5, 5.41) is 4.18. The molecule has 0 aliphatic carbocycles.